The smallest absolute Gasteiger partial charge is 0.778 e. The maximum absolute atomic E-state index is 5.42. The first-order valence-electron chi connectivity index (χ1n) is 11.0. The van der Waals surface area contributed by atoms with Crippen molar-refractivity contribution in [3.05, 3.63) is 58.3 Å². The van der Waals surface area contributed by atoms with E-state index < -0.39 is 0 Å². The maximum atomic E-state index is 5.42. The van der Waals surface area contributed by atoms with Crippen molar-refractivity contribution in [3.63, 3.8) is 0 Å². The average Bonchev–Trinajstić information content (AvgIpc) is 3.32. The van der Waals surface area contributed by atoms with Crippen LogP contribution in [-0.2, 0) is 41.7 Å². The normalized spacial score (nSPS) is 11.2. The number of thiophene rings is 2. The Morgan fingerprint density at radius 1 is 0.697 bits per heavy atom. The first-order valence-corrected chi connectivity index (χ1v) is 13.5. The Kier molecular flexibility index (Phi) is 12.5. The van der Waals surface area contributed by atoms with Gasteiger partial charge in [-0.2, -0.15) is 0 Å². The van der Waals surface area contributed by atoms with Crippen LogP contribution in [0.25, 0.3) is 20.2 Å². The van der Waals surface area contributed by atoms with Gasteiger partial charge in [-0.05, 0) is 35.7 Å². The van der Waals surface area contributed by atoms with Gasteiger partial charge in [0.25, 0.3) is 0 Å². The average molecular weight is 555 g/mol. The molecule has 2 aromatic carbocycles. The molecule has 0 amide bonds. The molecule has 0 unspecified atom stereocenters. The van der Waals surface area contributed by atoms with Crippen molar-refractivity contribution >= 4 is 80.5 Å². The minimum atomic E-state index is 0. The Morgan fingerprint density at radius 3 is 1.45 bits per heavy atom. The third-order valence-electron chi connectivity index (χ3n) is 4.85. The molecule has 0 spiro atoms. The minimum Gasteiger partial charge on any atom is -0.778 e. The molecule has 33 heavy (non-hydrogen) atoms. The Bertz CT molecular complexity index is 1100. The number of aliphatic imine (C=N–C) groups is 2. The molecule has 0 N–H and O–H groups in total. The quantitative estimate of drug-likeness (QED) is 0.0951. The molecular formula is C26H28N2NiS4. The van der Waals surface area contributed by atoms with Gasteiger partial charge < -0.3 is 25.3 Å². The Morgan fingerprint density at radius 2 is 1.09 bits per heavy atom. The molecule has 176 valence electrons. The standard InChI is InChI=1S/2C13H15NS2.Ni/c2*1-2-3-8-14-9-12-13(15)10-6-4-5-7-11(10)16-12;/h2*4-7,9,15H,2-3,8H2,1H3;/q;;+2/p-2. The fraction of sp³-hybridized carbons (Fsp3) is 0.308. The summed E-state index contributed by atoms with van der Waals surface area (Å²) in [5.74, 6) is 0. The second-order valence-electron chi connectivity index (χ2n) is 7.36. The second kappa shape index (κ2) is 14.8. The van der Waals surface area contributed by atoms with Crippen LogP contribution in [0, 0.1) is 0 Å². The molecule has 4 rings (SSSR count). The van der Waals surface area contributed by atoms with Crippen molar-refractivity contribution in [1.82, 2.24) is 0 Å². The van der Waals surface area contributed by atoms with Crippen LogP contribution in [0.15, 0.2) is 68.3 Å². The van der Waals surface area contributed by atoms with Crippen LogP contribution in [0.4, 0.5) is 0 Å². The van der Waals surface area contributed by atoms with E-state index in [1.165, 1.54) is 33.0 Å². The number of hydrogen-bond donors (Lipinski definition) is 0. The van der Waals surface area contributed by atoms with E-state index in [9.17, 15) is 0 Å². The summed E-state index contributed by atoms with van der Waals surface area (Å²) in [6.07, 6.45) is 8.53. The van der Waals surface area contributed by atoms with E-state index >= 15 is 0 Å². The van der Waals surface area contributed by atoms with Crippen LogP contribution >= 0.6 is 22.7 Å². The summed E-state index contributed by atoms with van der Waals surface area (Å²) in [6, 6.07) is 16.5. The predicted octanol–water partition coefficient (Wildman–Crippen LogP) is 8.05. The summed E-state index contributed by atoms with van der Waals surface area (Å²) in [7, 11) is 0. The van der Waals surface area contributed by atoms with Gasteiger partial charge in [0.2, 0.25) is 0 Å². The monoisotopic (exact) mass is 554 g/mol. The fourth-order valence-electron chi connectivity index (χ4n) is 3.05. The Hall–Kier alpha value is -1.37. The SMILES string of the molecule is CCCCN=Cc1sc2ccccc2c1[S-].CCCCN=Cc1sc2ccccc2c1[S-].[Ni+2]. The number of nitrogens with zero attached hydrogens (tertiary/aromatic N) is 2. The van der Waals surface area contributed by atoms with E-state index in [0.717, 1.165) is 45.5 Å². The molecule has 0 bridgehead atoms. The van der Waals surface area contributed by atoms with Crippen molar-refractivity contribution in [1.29, 1.82) is 0 Å². The molecule has 0 aliphatic rings. The summed E-state index contributed by atoms with van der Waals surface area (Å²) in [4.78, 5) is 12.9. The Labute approximate surface area is 226 Å². The third-order valence-corrected chi connectivity index (χ3v) is 8.20. The van der Waals surface area contributed by atoms with E-state index in [1.54, 1.807) is 22.7 Å². The van der Waals surface area contributed by atoms with E-state index in [4.69, 9.17) is 25.3 Å². The van der Waals surface area contributed by atoms with Gasteiger partial charge in [0.05, 0.1) is 0 Å². The summed E-state index contributed by atoms with van der Waals surface area (Å²) in [5.41, 5.74) is 0. The number of hydrogen-bond acceptors (Lipinski definition) is 6. The summed E-state index contributed by atoms with van der Waals surface area (Å²) >= 11 is 14.3. The summed E-state index contributed by atoms with van der Waals surface area (Å²) in [6.45, 7) is 6.15. The molecule has 4 aromatic rings. The minimum absolute atomic E-state index is 0. The molecule has 0 fully saturated rings. The third kappa shape index (κ3) is 7.83. The molecule has 0 saturated heterocycles. The molecule has 0 radical (unpaired) electrons. The molecule has 0 aliphatic heterocycles. The number of rotatable bonds is 8. The Balaban J connectivity index is 0.000000227. The zero-order valence-electron chi connectivity index (χ0n) is 18.9. The largest absolute Gasteiger partial charge is 2.00 e. The van der Waals surface area contributed by atoms with Gasteiger partial charge in [-0.15, -0.1) is 32.5 Å². The number of unbranched alkanes of at least 4 members (excludes halogenated alkanes) is 2. The molecule has 0 saturated carbocycles. The molecular weight excluding hydrogens is 527 g/mol. The molecule has 0 aliphatic carbocycles. The van der Waals surface area contributed by atoms with Crippen LogP contribution in [0.5, 0.6) is 0 Å². The summed E-state index contributed by atoms with van der Waals surface area (Å²) in [5, 5.41) is 2.36. The van der Waals surface area contributed by atoms with Gasteiger partial charge in [-0.25, -0.2) is 0 Å². The second-order valence-corrected chi connectivity index (χ2v) is 10.3. The number of benzene rings is 2. The van der Waals surface area contributed by atoms with Gasteiger partial charge in [-0.1, -0.05) is 63.1 Å². The van der Waals surface area contributed by atoms with Crippen molar-refractivity contribution in [2.75, 3.05) is 13.1 Å². The topological polar surface area (TPSA) is 24.7 Å². The number of fused-ring (bicyclic) bond motifs is 2. The van der Waals surface area contributed by atoms with Crippen LogP contribution in [0.1, 0.15) is 49.3 Å². The van der Waals surface area contributed by atoms with Gasteiger partial charge >= 0.3 is 16.5 Å². The van der Waals surface area contributed by atoms with E-state index in [1.807, 2.05) is 36.7 Å². The van der Waals surface area contributed by atoms with Crippen LogP contribution in [0.3, 0.4) is 0 Å². The van der Waals surface area contributed by atoms with Crippen molar-refractivity contribution in [2.45, 2.75) is 49.3 Å². The zero-order valence-corrected chi connectivity index (χ0v) is 23.1. The zero-order chi connectivity index (χ0) is 22.8. The fourth-order valence-corrected chi connectivity index (χ4v) is 5.87. The van der Waals surface area contributed by atoms with Crippen molar-refractivity contribution in [2.24, 2.45) is 9.98 Å². The van der Waals surface area contributed by atoms with Gasteiger partial charge in [0, 0.05) is 44.7 Å². The predicted molar refractivity (Wildman–Crippen MR) is 150 cm³/mol. The molecule has 2 nitrogen and oxygen atoms in total. The first-order chi connectivity index (χ1) is 15.7. The van der Waals surface area contributed by atoms with Gasteiger partial charge in [0.15, 0.2) is 0 Å². The molecule has 2 heterocycles. The van der Waals surface area contributed by atoms with Gasteiger partial charge in [0.1, 0.15) is 0 Å². The summed E-state index contributed by atoms with van der Waals surface area (Å²) < 4.78 is 2.51. The van der Waals surface area contributed by atoms with Crippen LogP contribution in [0.2, 0.25) is 0 Å². The van der Waals surface area contributed by atoms with Crippen LogP contribution < -0.4 is 0 Å². The maximum Gasteiger partial charge on any atom is 2.00 e. The van der Waals surface area contributed by atoms with E-state index in [-0.39, 0.29) is 16.5 Å². The molecule has 0 atom stereocenters. The molecule has 2 aromatic heterocycles. The van der Waals surface area contributed by atoms with E-state index in [2.05, 4.69) is 48.1 Å². The van der Waals surface area contributed by atoms with Crippen molar-refractivity contribution in [3.8, 4) is 0 Å². The van der Waals surface area contributed by atoms with Crippen LogP contribution in [-0.4, -0.2) is 25.5 Å². The molecule has 7 heteroatoms. The van der Waals surface area contributed by atoms with Crippen molar-refractivity contribution < 1.29 is 16.5 Å². The van der Waals surface area contributed by atoms with E-state index in [0.29, 0.717) is 0 Å². The first kappa shape index (κ1) is 27.9. The van der Waals surface area contributed by atoms with Gasteiger partial charge in [-0.3, -0.25) is 9.98 Å².